The minimum Gasteiger partial charge on any atom is -0.432 e. The summed E-state index contributed by atoms with van der Waals surface area (Å²) in [6.07, 6.45) is 11.6. The van der Waals surface area contributed by atoms with Gasteiger partial charge in [-0.3, -0.25) is 14.6 Å². The lowest BCUT2D eigenvalue weighted by molar-refractivity contribution is -0.125. The maximum absolute atomic E-state index is 13.3. The quantitative estimate of drug-likeness (QED) is 0.186. The molecular weight excluding hydrogens is 596 g/mol. The molecule has 4 atom stereocenters. The highest BCUT2D eigenvalue weighted by Crippen LogP contribution is 2.45. The van der Waals surface area contributed by atoms with Crippen LogP contribution in [0.5, 0.6) is 0 Å². The number of rotatable bonds is 10. The molecule has 0 bridgehead atoms. The smallest absolute Gasteiger partial charge is 0.223 e. The number of hydrogen-bond donors (Lipinski definition) is 3. The number of ether oxygens (including phenoxy) is 1. The van der Waals surface area contributed by atoms with E-state index in [2.05, 4.69) is 25.4 Å². The van der Waals surface area contributed by atoms with E-state index in [0.717, 1.165) is 82.3 Å². The van der Waals surface area contributed by atoms with Crippen LogP contribution in [-0.2, 0) is 14.3 Å². The Morgan fingerprint density at radius 2 is 1.70 bits per heavy atom. The van der Waals surface area contributed by atoms with Crippen LogP contribution in [0.15, 0.2) is 4.99 Å². The zero-order valence-corrected chi connectivity index (χ0v) is 28.8. The number of carbonyl (C=O) groups excluding carboxylic acids is 2. The first-order valence-electron chi connectivity index (χ1n) is 17.0. The summed E-state index contributed by atoms with van der Waals surface area (Å²) in [6.45, 7) is 7.02. The van der Waals surface area contributed by atoms with Crippen molar-refractivity contribution in [2.24, 2.45) is 22.7 Å². The van der Waals surface area contributed by atoms with Gasteiger partial charge < -0.3 is 24.7 Å². The van der Waals surface area contributed by atoms with E-state index in [-0.39, 0.29) is 53.6 Å². The fraction of sp³-hybridized carbons (Fsp3) is 0.844. The van der Waals surface area contributed by atoms with E-state index in [0.29, 0.717) is 31.0 Å². The Kier molecular flexibility index (Phi) is 11.2. The van der Waals surface area contributed by atoms with Crippen LogP contribution in [0.4, 0.5) is 0 Å². The minimum absolute atomic E-state index is 0.0302. The molecule has 4 aliphatic rings. The van der Waals surface area contributed by atoms with Crippen molar-refractivity contribution in [3.63, 3.8) is 0 Å². The third-order valence-electron chi connectivity index (χ3n) is 10.8. The zero-order valence-electron chi connectivity index (χ0n) is 27.1. The normalized spacial score (nSPS) is 32.5. The number of nitrogens with zero attached hydrogens (tertiary/aromatic N) is 4. The van der Waals surface area contributed by atoms with E-state index < -0.39 is 8.32 Å². The lowest BCUT2D eigenvalue weighted by atomic mass is 9.72. The molecule has 0 saturated heterocycles. The van der Waals surface area contributed by atoms with E-state index in [1.54, 1.807) is 7.11 Å². The van der Waals surface area contributed by atoms with Crippen molar-refractivity contribution in [2.75, 3.05) is 20.2 Å². The zero-order chi connectivity index (χ0) is 31.4. The molecule has 1 aromatic rings. The number of aromatic nitrogens is 3. The van der Waals surface area contributed by atoms with Crippen molar-refractivity contribution >= 4 is 37.4 Å². The number of carbonyl (C=O) groups is 2. The molecular formula is C32H53ClN6O4Si. The summed E-state index contributed by atoms with van der Waals surface area (Å²) >= 11 is 6.49. The highest BCUT2D eigenvalue weighted by Gasteiger charge is 2.43. The Morgan fingerprint density at radius 1 is 1.00 bits per heavy atom. The van der Waals surface area contributed by atoms with E-state index in [1.165, 1.54) is 5.71 Å². The molecule has 3 unspecified atom stereocenters. The number of fused-ring (bicyclic) bond motifs is 3. The number of aryl methyl sites for hydroxylation is 1. The van der Waals surface area contributed by atoms with Crippen LogP contribution in [0.2, 0.25) is 18.6 Å². The highest BCUT2D eigenvalue weighted by molar-refractivity contribution is 6.71. The van der Waals surface area contributed by atoms with E-state index in [9.17, 15) is 14.4 Å². The third-order valence-corrected chi connectivity index (χ3v) is 13.8. The van der Waals surface area contributed by atoms with E-state index in [4.69, 9.17) is 21.3 Å². The highest BCUT2D eigenvalue weighted by atomic mass is 35.5. The Morgan fingerprint density at radius 3 is 2.39 bits per heavy atom. The molecule has 3 fully saturated rings. The van der Waals surface area contributed by atoms with Crippen LogP contribution in [0.1, 0.15) is 107 Å². The molecule has 0 radical (unpaired) electrons. The topological polar surface area (TPSA) is 131 Å². The maximum Gasteiger partial charge on any atom is 0.223 e. The summed E-state index contributed by atoms with van der Waals surface area (Å²) in [6, 6.07) is -0.156. The van der Waals surface area contributed by atoms with Gasteiger partial charge in [-0.25, -0.2) is 0 Å². The largest absolute Gasteiger partial charge is 0.432 e. The average molecular weight is 649 g/mol. The van der Waals surface area contributed by atoms with Crippen molar-refractivity contribution in [3.05, 3.63) is 11.6 Å². The number of halogens is 1. The molecule has 246 valence electrons. The first-order chi connectivity index (χ1) is 21.0. The van der Waals surface area contributed by atoms with Gasteiger partial charge in [0, 0.05) is 49.2 Å². The fourth-order valence-electron chi connectivity index (χ4n) is 8.19. The Labute approximate surface area is 268 Å². The van der Waals surface area contributed by atoms with Gasteiger partial charge in [-0.2, -0.15) is 0 Å². The van der Waals surface area contributed by atoms with Gasteiger partial charge in [0.2, 0.25) is 11.8 Å². The van der Waals surface area contributed by atoms with Crippen molar-refractivity contribution in [1.29, 1.82) is 0 Å². The first kappa shape index (κ1) is 33.5. The van der Waals surface area contributed by atoms with Crippen molar-refractivity contribution < 1.29 is 19.1 Å². The molecule has 5 rings (SSSR count). The third kappa shape index (κ3) is 7.93. The Hall–Kier alpha value is -1.82. The second kappa shape index (κ2) is 14.7. The summed E-state index contributed by atoms with van der Waals surface area (Å²) in [5.74, 6) is 2.35. The summed E-state index contributed by atoms with van der Waals surface area (Å²) < 4.78 is 8.11. The maximum atomic E-state index is 13.3. The number of methoxy groups -OCH3 is 1. The number of amides is 2. The molecule has 1 aliphatic heterocycles. The lowest BCUT2D eigenvalue weighted by Gasteiger charge is -2.39. The number of alkyl halides is 1. The Bertz CT molecular complexity index is 1170. The fourth-order valence-corrected chi connectivity index (χ4v) is 10.2. The molecule has 0 aromatic carbocycles. The average Bonchev–Trinajstić information content (AvgIpc) is 3.33. The van der Waals surface area contributed by atoms with Crippen LogP contribution in [0.3, 0.4) is 0 Å². The van der Waals surface area contributed by atoms with Crippen molar-refractivity contribution in [2.45, 2.75) is 133 Å². The second-order valence-electron chi connectivity index (χ2n) is 14.2. The van der Waals surface area contributed by atoms with Gasteiger partial charge in [0.05, 0.1) is 12.5 Å². The first-order valence-corrected chi connectivity index (χ1v) is 20.4. The van der Waals surface area contributed by atoms with Crippen LogP contribution in [-0.4, -0.2) is 77.1 Å². The molecule has 10 nitrogen and oxygen atoms in total. The summed E-state index contributed by atoms with van der Waals surface area (Å²) in [5, 5.41) is 15.4. The summed E-state index contributed by atoms with van der Waals surface area (Å²) in [7, 11) is -0.330. The van der Waals surface area contributed by atoms with Gasteiger partial charge in [-0.1, -0.05) is 0 Å². The predicted octanol–water partition coefficient (Wildman–Crippen LogP) is 5.01. The molecule has 3 aliphatic carbocycles. The molecule has 0 spiro atoms. The van der Waals surface area contributed by atoms with Gasteiger partial charge in [0.25, 0.3) is 0 Å². The number of hydrogen-bond acceptors (Lipinski definition) is 7. The Balaban J connectivity index is 1.18. The number of aliphatic imine (C=N–C) groups is 1. The minimum atomic E-state index is -2.13. The standard InChI is InChI=1S/C32H53ClN6O4Si/c1-20-37-38-31-27(19-29(40)34-16-5-17-35-32(41)22-8-13-25(14-9-22)44(3,4)42)36-30(21-6-10-23(33)11-7-21)26-18-24(43-2)12-15-28(26)39(20)31/h21-28,42H,5-19H2,1-4H3,(H,34,40)(H,35,41)/t21?,22?,23?,24?,25?,26?,27-,28?/m0/s1. The second-order valence-corrected chi connectivity index (χ2v) is 19.0. The molecule has 12 heteroatoms. The summed E-state index contributed by atoms with van der Waals surface area (Å²) in [5.41, 5.74) is 1.62. The van der Waals surface area contributed by atoms with Gasteiger partial charge in [0.1, 0.15) is 11.9 Å². The van der Waals surface area contributed by atoms with E-state index in [1.807, 2.05) is 20.0 Å². The van der Waals surface area contributed by atoms with Crippen LogP contribution in [0, 0.1) is 24.7 Å². The van der Waals surface area contributed by atoms with Crippen LogP contribution < -0.4 is 10.6 Å². The van der Waals surface area contributed by atoms with Crippen molar-refractivity contribution in [1.82, 2.24) is 25.4 Å². The molecule has 1 aromatic heterocycles. The van der Waals surface area contributed by atoms with Crippen LogP contribution in [0.25, 0.3) is 0 Å². The number of nitrogens with one attached hydrogen (secondary N) is 2. The van der Waals surface area contributed by atoms with Crippen molar-refractivity contribution in [3.8, 4) is 0 Å². The predicted molar refractivity (Wildman–Crippen MR) is 174 cm³/mol. The summed E-state index contributed by atoms with van der Waals surface area (Å²) in [4.78, 5) is 41.7. The molecule has 2 heterocycles. The molecule has 2 amide bonds. The van der Waals surface area contributed by atoms with E-state index >= 15 is 0 Å². The van der Waals surface area contributed by atoms with Crippen LogP contribution >= 0.6 is 11.6 Å². The van der Waals surface area contributed by atoms with Gasteiger partial charge in [-0.15, -0.1) is 21.8 Å². The van der Waals surface area contributed by atoms with Gasteiger partial charge in [-0.05, 0) is 109 Å². The molecule has 3 N–H and O–H groups in total. The van der Waals surface area contributed by atoms with Gasteiger partial charge >= 0.3 is 0 Å². The monoisotopic (exact) mass is 648 g/mol. The lowest BCUT2D eigenvalue weighted by Crippen LogP contribution is -2.39. The molecule has 44 heavy (non-hydrogen) atoms. The van der Waals surface area contributed by atoms with Gasteiger partial charge in [0.15, 0.2) is 14.1 Å². The SMILES string of the molecule is COC1CCC2C(C1)C(C1CCC(Cl)CC1)=N[C@@H](CC(=O)NCCCNC(=O)C1CCC([Si](C)(C)O)CC1)c1nnc(C)n12. The molecule has 3 saturated carbocycles.